The van der Waals surface area contributed by atoms with Crippen molar-refractivity contribution in [3.8, 4) is 5.88 Å². The first kappa shape index (κ1) is 19.9. The predicted molar refractivity (Wildman–Crippen MR) is 76.3 cm³/mol. The van der Waals surface area contributed by atoms with Gasteiger partial charge in [0.2, 0.25) is 11.8 Å². The molecule has 0 aromatic carbocycles. The zero-order chi connectivity index (χ0) is 12.0. The summed E-state index contributed by atoms with van der Waals surface area (Å²) in [4.78, 5) is 14.7. The zero-order valence-electron chi connectivity index (χ0n) is 9.19. The molecule has 0 saturated heterocycles. The number of carbonyl (C=O) groups excluding carboxylic acids is 1. The van der Waals surface area contributed by atoms with Gasteiger partial charge in [-0.1, -0.05) is 23.2 Å². The Hall–Kier alpha value is -0.460. The maximum atomic E-state index is 10.8. The SMILES string of the molecule is Cl.Cl.NCC(=O)NCCOc1ncc(Cl)cc1Cl. The third-order valence-corrected chi connectivity index (χ3v) is 2.10. The number of nitrogens with one attached hydrogen (secondary N) is 1. The van der Waals surface area contributed by atoms with Gasteiger partial charge in [0, 0.05) is 6.20 Å². The molecule has 0 bridgehead atoms. The molecule has 9 heteroatoms. The molecule has 5 nitrogen and oxygen atoms in total. The van der Waals surface area contributed by atoms with E-state index in [0.29, 0.717) is 16.6 Å². The van der Waals surface area contributed by atoms with Crippen molar-refractivity contribution in [2.24, 2.45) is 5.73 Å². The lowest BCUT2D eigenvalue weighted by Crippen LogP contribution is -2.33. The molecule has 0 fully saturated rings. The highest BCUT2D eigenvalue weighted by Gasteiger charge is 2.04. The molecule has 1 rings (SSSR count). The molecule has 0 atom stereocenters. The van der Waals surface area contributed by atoms with Crippen molar-refractivity contribution in [2.45, 2.75) is 0 Å². The molecule has 0 aliphatic rings. The van der Waals surface area contributed by atoms with Gasteiger partial charge in [-0.15, -0.1) is 24.8 Å². The van der Waals surface area contributed by atoms with Crippen LogP contribution in [0.5, 0.6) is 5.88 Å². The quantitative estimate of drug-likeness (QED) is 0.802. The number of hydrogen-bond acceptors (Lipinski definition) is 4. The van der Waals surface area contributed by atoms with Crippen molar-refractivity contribution in [2.75, 3.05) is 19.7 Å². The van der Waals surface area contributed by atoms with Crippen LogP contribution in [0.1, 0.15) is 0 Å². The Morgan fingerprint density at radius 1 is 1.44 bits per heavy atom. The number of aromatic nitrogens is 1. The summed E-state index contributed by atoms with van der Waals surface area (Å²) in [5, 5.41) is 3.32. The molecule has 0 aliphatic heterocycles. The van der Waals surface area contributed by atoms with Crippen molar-refractivity contribution in [1.82, 2.24) is 10.3 Å². The average molecular weight is 337 g/mol. The van der Waals surface area contributed by atoms with E-state index in [1.165, 1.54) is 12.3 Å². The van der Waals surface area contributed by atoms with E-state index in [4.69, 9.17) is 33.7 Å². The third kappa shape index (κ3) is 7.08. The molecular formula is C9H13Cl4N3O2. The third-order valence-electron chi connectivity index (χ3n) is 1.62. The van der Waals surface area contributed by atoms with Crippen LogP contribution in [0.2, 0.25) is 10.0 Å². The Morgan fingerprint density at radius 2 is 2.11 bits per heavy atom. The highest BCUT2D eigenvalue weighted by Crippen LogP contribution is 2.24. The minimum atomic E-state index is -0.237. The second-order valence-corrected chi connectivity index (χ2v) is 3.69. The number of rotatable bonds is 5. The lowest BCUT2D eigenvalue weighted by Gasteiger charge is -2.07. The number of carbonyl (C=O) groups is 1. The number of nitrogens with zero attached hydrogens (tertiary/aromatic N) is 1. The summed E-state index contributed by atoms with van der Waals surface area (Å²) < 4.78 is 5.23. The Morgan fingerprint density at radius 3 is 2.67 bits per heavy atom. The highest BCUT2D eigenvalue weighted by atomic mass is 35.5. The standard InChI is InChI=1S/C9H11Cl2N3O2.2ClH/c10-6-3-7(11)9(14-5-6)16-2-1-13-8(15)4-12;;/h3,5H,1-2,4,12H2,(H,13,15);2*1H. The number of amides is 1. The van der Waals surface area contributed by atoms with Crippen molar-refractivity contribution < 1.29 is 9.53 Å². The molecule has 0 unspecified atom stereocenters. The van der Waals surface area contributed by atoms with Crippen molar-refractivity contribution in [1.29, 1.82) is 0 Å². The van der Waals surface area contributed by atoms with Crippen molar-refractivity contribution >= 4 is 53.9 Å². The average Bonchev–Trinajstić information content (AvgIpc) is 2.26. The Balaban J connectivity index is 0. The largest absolute Gasteiger partial charge is 0.475 e. The molecule has 1 aromatic heterocycles. The number of nitrogens with two attached hydrogens (primary N) is 1. The van der Waals surface area contributed by atoms with Crippen LogP contribution in [0.15, 0.2) is 12.3 Å². The fourth-order valence-electron chi connectivity index (χ4n) is 0.919. The van der Waals surface area contributed by atoms with Gasteiger partial charge in [0.25, 0.3) is 0 Å². The second kappa shape index (κ2) is 10.5. The first-order valence-corrected chi connectivity index (χ1v) is 5.29. The van der Waals surface area contributed by atoms with Gasteiger partial charge < -0.3 is 15.8 Å². The minimum absolute atomic E-state index is 0. The second-order valence-electron chi connectivity index (χ2n) is 2.84. The van der Waals surface area contributed by atoms with E-state index in [0.717, 1.165) is 0 Å². The first-order chi connectivity index (χ1) is 7.63. The topological polar surface area (TPSA) is 77.2 Å². The number of ether oxygens (including phenoxy) is 1. The lowest BCUT2D eigenvalue weighted by molar-refractivity contribution is -0.119. The van der Waals surface area contributed by atoms with Gasteiger partial charge in [-0.05, 0) is 6.07 Å². The van der Waals surface area contributed by atoms with E-state index < -0.39 is 0 Å². The zero-order valence-corrected chi connectivity index (χ0v) is 12.3. The molecule has 0 saturated carbocycles. The molecule has 104 valence electrons. The van der Waals surface area contributed by atoms with Crippen LogP contribution in [0, 0.1) is 0 Å². The molecule has 1 amide bonds. The summed E-state index contributed by atoms with van der Waals surface area (Å²) in [7, 11) is 0. The molecule has 0 spiro atoms. The van der Waals surface area contributed by atoms with Gasteiger partial charge in [-0.25, -0.2) is 4.98 Å². The molecule has 0 radical (unpaired) electrons. The minimum Gasteiger partial charge on any atom is -0.475 e. The van der Waals surface area contributed by atoms with E-state index in [-0.39, 0.29) is 49.8 Å². The fourth-order valence-corrected chi connectivity index (χ4v) is 1.35. The molecule has 0 aliphatic carbocycles. The van der Waals surface area contributed by atoms with Crippen LogP contribution < -0.4 is 15.8 Å². The summed E-state index contributed by atoms with van der Waals surface area (Å²) in [6, 6.07) is 1.53. The van der Waals surface area contributed by atoms with E-state index in [1.807, 2.05) is 0 Å². The highest BCUT2D eigenvalue weighted by molar-refractivity contribution is 6.35. The maximum Gasteiger partial charge on any atom is 0.233 e. The van der Waals surface area contributed by atoms with Gasteiger partial charge in [0.05, 0.1) is 18.1 Å². The monoisotopic (exact) mass is 335 g/mol. The summed E-state index contributed by atoms with van der Waals surface area (Å²) >= 11 is 11.5. The maximum absolute atomic E-state index is 10.8. The Labute approximate surface area is 127 Å². The number of hydrogen-bond donors (Lipinski definition) is 2. The van der Waals surface area contributed by atoms with Crippen LogP contribution in [-0.4, -0.2) is 30.6 Å². The summed E-state index contributed by atoms with van der Waals surface area (Å²) in [5.41, 5.74) is 5.11. The number of halogens is 4. The van der Waals surface area contributed by atoms with E-state index in [2.05, 4.69) is 10.3 Å². The predicted octanol–water partition coefficient (Wildman–Crippen LogP) is 1.69. The lowest BCUT2D eigenvalue weighted by atomic mass is 10.5. The number of pyridine rings is 1. The molecule has 1 aromatic rings. The molecule has 1 heterocycles. The summed E-state index contributed by atoms with van der Waals surface area (Å²) in [6.45, 7) is 0.566. The molecule has 18 heavy (non-hydrogen) atoms. The van der Waals surface area contributed by atoms with E-state index in [1.54, 1.807) is 0 Å². The van der Waals surface area contributed by atoms with Crippen LogP contribution in [0.4, 0.5) is 0 Å². The first-order valence-electron chi connectivity index (χ1n) is 4.54. The van der Waals surface area contributed by atoms with E-state index in [9.17, 15) is 4.79 Å². The normalized spacial score (nSPS) is 8.83. The van der Waals surface area contributed by atoms with E-state index >= 15 is 0 Å². The Bertz CT molecular complexity index is 379. The van der Waals surface area contributed by atoms with Gasteiger partial charge in [0.1, 0.15) is 11.6 Å². The Kier molecular flexibility index (Phi) is 11.5. The summed E-state index contributed by atoms with van der Waals surface area (Å²) in [6.07, 6.45) is 1.43. The molecular weight excluding hydrogens is 324 g/mol. The smallest absolute Gasteiger partial charge is 0.233 e. The van der Waals surface area contributed by atoms with Gasteiger partial charge in [0.15, 0.2) is 0 Å². The molecule has 3 N–H and O–H groups in total. The van der Waals surface area contributed by atoms with Gasteiger partial charge >= 0.3 is 0 Å². The van der Waals surface area contributed by atoms with Crippen LogP contribution in [0.25, 0.3) is 0 Å². The summed E-state index contributed by atoms with van der Waals surface area (Å²) in [5.74, 6) is 0.0480. The van der Waals surface area contributed by atoms with Gasteiger partial charge in [-0.3, -0.25) is 4.79 Å². The van der Waals surface area contributed by atoms with Crippen LogP contribution in [-0.2, 0) is 4.79 Å². The van der Waals surface area contributed by atoms with Crippen molar-refractivity contribution in [3.63, 3.8) is 0 Å². The van der Waals surface area contributed by atoms with Crippen LogP contribution in [0.3, 0.4) is 0 Å². The van der Waals surface area contributed by atoms with Crippen LogP contribution >= 0.6 is 48.0 Å². The fraction of sp³-hybridized carbons (Fsp3) is 0.333. The van der Waals surface area contributed by atoms with Crippen molar-refractivity contribution in [3.05, 3.63) is 22.3 Å². The van der Waals surface area contributed by atoms with Gasteiger partial charge in [-0.2, -0.15) is 0 Å².